The Hall–Kier alpha value is -3.82. The predicted molar refractivity (Wildman–Crippen MR) is 104 cm³/mol. The largest absolute Gasteiger partial charge is 0.465 e. The molecule has 3 heterocycles. The van der Waals surface area contributed by atoms with Crippen molar-refractivity contribution in [2.75, 3.05) is 13.1 Å². The number of oxazole rings is 1. The fourth-order valence-electron chi connectivity index (χ4n) is 3.77. The van der Waals surface area contributed by atoms with Gasteiger partial charge in [0.25, 0.3) is 0 Å². The van der Waals surface area contributed by atoms with Crippen LogP contribution in [-0.2, 0) is 0 Å². The molecule has 2 aromatic heterocycles. The molecular weight excluding hydrogens is 391 g/mol. The molecule has 0 spiro atoms. The van der Waals surface area contributed by atoms with Crippen LogP contribution in [-0.4, -0.2) is 54.4 Å². The van der Waals surface area contributed by atoms with Gasteiger partial charge < -0.3 is 14.4 Å². The van der Waals surface area contributed by atoms with E-state index in [0.29, 0.717) is 59.7 Å². The molecule has 2 aromatic carbocycles. The highest BCUT2D eigenvalue weighted by Gasteiger charge is 2.26. The molecule has 0 bridgehead atoms. The SMILES string of the molecule is O=C(O)N1CCC(c2nc3cc(-c4ccc(-n5cnnn5)cc4F)ccc3o2)CC1. The van der Waals surface area contributed by atoms with Gasteiger partial charge in [-0.1, -0.05) is 6.07 Å². The monoisotopic (exact) mass is 408 g/mol. The van der Waals surface area contributed by atoms with E-state index in [2.05, 4.69) is 20.5 Å². The number of likely N-dealkylation sites (tertiary alicyclic amines) is 1. The number of amides is 1. The van der Waals surface area contributed by atoms with E-state index in [1.807, 2.05) is 0 Å². The second-order valence-electron chi connectivity index (χ2n) is 7.20. The van der Waals surface area contributed by atoms with Gasteiger partial charge in [0.05, 0.1) is 5.69 Å². The predicted octanol–water partition coefficient (Wildman–Crippen LogP) is 3.47. The Morgan fingerprint density at radius 1 is 1.17 bits per heavy atom. The van der Waals surface area contributed by atoms with E-state index in [1.54, 1.807) is 30.3 Å². The van der Waals surface area contributed by atoms with Crippen LogP contribution in [0, 0.1) is 5.82 Å². The van der Waals surface area contributed by atoms with Crippen LogP contribution in [0.4, 0.5) is 9.18 Å². The minimum atomic E-state index is -0.899. The van der Waals surface area contributed by atoms with E-state index >= 15 is 0 Å². The molecule has 1 aliphatic rings. The summed E-state index contributed by atoms with van der Waals surface area (Å²) in [4.78, 5) is 17.1. The van der Waals surface area contributed by atoms with Crippen LogP contribution < -0.4 is 0 Å². The molecule has 1 N–H and O–H groups in total. The van der Waals surface area contributed by atoms with Crippen LogP contribution >= 0.6 is 0 Å². The molecule has 9 nitrogen and oxygen atoms in total. The van der Waals surface area contributed by atoms with Crippen molar-refractivity contribution in [3.8, 4) is 16.8 Å². The van der Waals surface area contributed by atoms with Gasteiger partial charge in [-0.05, 0) is 53.1 Å². The number of benzene rings is 2. The number of nitrogens with zero attached hydrogens (tertiary/aromatic N) is 6. The average Bonchev–Trinajstić information content (AvgIpc) is 3.43. The number of piperidine rings is 1. The van der Waals surface area contributed by atoms with Gasteiger partial charge in [-0.15, -0.1) is 5.10 Å². The van der Waals surface area contributed by atoms with Crippen LogP contribution in [0.2, 0.25) is 0 Å². The summed E-state index contributed by atoms with van der Waals surface area (Å²) in [5, 5.41) is 20.0. The van der Waals surface area contributed by atoms with Crippen molar-refractivity contribution in [1.29, 1.82) is 0 Å². The quantitative estimate of drug-likeness (QED) is 0.553. The second kappa shape index (κ2) is 7.21. The molecule has 1 fully saturated rings. The highest BCUT2D eigenvalue weighted by atomic mass is 19.1. The van der Waals surface area contributed by atoms with Crippen LogP contribution in [0.5, 0.6) is 0 Å². The fourth-order valence-corrected chi connectivity index (χ4v) is 3.77. The van der Waals surface area contributed by atoms with E-state index in [4.69, 9.17) is 9.52 Å². The van der Waals surface area contributed by atoms with Crippen LogP contribution in [0.3, 0.4) is 0 Å². The van der Waals surface area contributed by atoms with Crippen molar-refractivity contribution in [2.45, 2.75) is 18.8 Å². The van der Waals surface area contributed by atoms with Crippen molar-refractivity contribution < 1.29 is 18.7 Å². The number of fused-ring (bicyclic) bond motifs is 1. The summed E-state index contributed by atoms with van der Waals surface area (Å²) < 4.78 is 22.0. The Morgan fingerprint density at radius 2 is 2.00 bits per heavy atom. The van der Waals surface area contributed by atoms with Gasteiger partial charge in [0, 0.05) is 30.6 Å². The number of hydrogen-bond donors (Lipinski definition) is 1. The summed E-state index contributed by atoms with van der Waals surface area (Å²) in [5.74, 6) is 0.276. The Balaban J connectivity index is 1.41. The number of halogens is 1. The van der Waals surface area contributed by atoms with Crippen molar-refractivity contribution in [2.24, 2.45) is 0 Å². The maximum absolute atomic E-state index is 14.7. The van der Waals surface area contributed by atoms with E-state index < -0.39 is 11.9 Å². The molecule has 1 aliphatic heterocycles. The van der Waals surface area contributed by atoms with Crippen LogP contribution in [0.25, 0.3) is 27.9 Å². The van der Waals surface area contributed by atoms with Crippen LogP contribution in [0.1, 0.15) is 24.7 Å². The van der Waals surface area contributed by atoms with E-state index in [0.717, 1.165) is 0 Å². The summed E-state index contributed by atoms with van der Waals surface area (Å²) in [6.45, 7) is 0.922. The first-order chi connectivity index (χ1) is 14.6. The highest BCUT2D eigenvalue weighted by Crippen LogP contribution is 2.32. The summed E-state index contributed by atoms with van der Waals surface area (Å²) in [5.41, 5.74) is 2.92. The molecule has 0 unspecified atom stereocenters. The summed E-state index contributed by atoms with van der Waals surface area (Å²) >= 11 is 0. The van der Waals surface area contributed by atoms with Crippen molar-refractivity contribution in [3.05, 3.63) is 54.4 Å². The van der Waals surface area contributed by atoms with Gasteiger partial charge in [0.2, 0.25) is 0 Å². The average molecular weight is 408 g/mol. The smallest absolute Gasteiger partial charge is 0.407 e. The van der Waals surface area contributed by atoms with Gasteiger partial charge >= 0.3 is 6.09 Å². The number of tetrazole rings is 1. The normalized spacial score (nSPS) is 15.0. The van der Waals surface area contributed by atoms with Crippen molar-refractivity contribution in [1.82, 2.24) is 30.1 Å². The lowest BCUT2D eigenvalue weighted by Gasteiger charge is -2.28. The van der Waals surface area contributed by atoms with Gasteiger partial charge in [0.1, 0.15) is 17.7 Å². The van der Waals surface area contributed by atoms with Crippen molar-refractivity contribution >= 4 is 17.2 Å². The topological polar surface area (TPSA) is 110 Å². The van der Waals surface area contributed by atoms with Crippen LogP contribution in [0.15, 0.2) is 47.1 Å². The molecule has 0 saturated carbocycles. The first-order valence-electron chi connectivity index (χ1n) is 9.50. The third-order valence-corrected chi connectivity index (χ3v) is 5.40. The van der Waals surface area contributed by atoms with Crippen molar-refractivity contribution in [3.63, 3.8) is 0 Å². The fraction of sp³-hybridized carbons (Fsp3) is 0.250. The summed E-state index contributed by atoms with van der Waals surface area (Å²) in [7, 11) is 0. The number of carboxylic acid groups (broad SMARTS) is 1. The van der Waals surface area contributed by atoms with Gasteiger partial charge in [0.15, 0.2) is 11.5 Å². The zero-order chi connectivity index (χ0) is 20.7. The first kappa shape index (κ1) is 18.2. The lowest BCUT2D eigenvalue weighted by molar-refractivity contribution is 0.129. The molecule has 0 radical (unpaired) electrons. The molecule has 0 aliphatic carbocycles. The lowest BCUT2D eigenvalue weighted by Crippen LogP contribution is -2.36. The Labute approximate surface area is 169 Å². The highest BCUT2D eigenvalue weighted by molar-refractivity contribution is 5.81. The van der Waals surface area contributed by atoms with Gasteiger partial charge in [-0.3, -0.25) is 0 Å². The summed E-state index contributed by atoms with van der Waals surface area (Å²) in [6.07, 6.45) is 1.83. The van der Waals surface area contributed by atoms with E-state index in [1.165, 1.54) is 22.0 Å². The molecule has 152 valence electrons. The zero-order valence-corrected chi connectivity index (χ0v) is 15.8. The molecule has 1 amide bonds. The Bertz CT molecular complexity index is 1210. The molecule has 10 heteroatoms. The standard InChI is InChI=1S/C20H17FN6O3/c21-16-10-14(27-11-22-24-25-27)2-3-15(16)13-1-4-18-17(9-13)23-19(30-18)12-5-7-26(8-6-12)20(28)29/h1-4,9-12H,5-8H2,(H,28,29). The molecule has 0 atom stereocenters. The molecule has 1 saturated heterocycles. The summed E-state index contributed by atoms with van der Waals surface area (Å²) in [6, 6.07) is 10.2. The number of rotatable bonds is 3. The molecule has 5 rings (SSSR count). The number of aromatic nitrogens is 5. The minimum Gasteiger partial charge on any atom is -0.465 e. The maximum Gasteiger partial charge on any atom is 0.407 e. The Kier molecular flexibility index (Phi) is 4.38. The van der Waals surface area contributed by atoms with Gasteiger partial charge in [-0.2, -0.15) is 0 Å². The third-order valence-electron chi connectivity index (χ3n) is 5.40. The lowest BCUT2D eigenvalue weighted by atomic mass is 9.97. The van der Waals surface area contributed by atoms with E-state index in [-0.39, 0.29) is 5.92 Å². The first-order valence-corrected chi connectivity index (χ1v) is 9.50. The Morgan fingerprint density at radius 3 is 2.70 bits per heavy atom. The molecular formula is C20H17FN6O3. The number of carbonyl (C=O) groups is 1. The third kappa shape index (κ3) is 3.25. The van der Waals surface area contributed by atoms with Gasteiger partial charge in [-0.25, -0.2) is 18.9 Å². The zero-order valence-electron chi connectivity index (χ0n) is 15.8. The molecule has 4 aromatic rings. The molecule has 30 heavy (non-hydrogen) atoms. The second-order valence-corrected chi connectivity index (χ2v) is 7.20. The van der Waals surface area contributed by atoms with E-state index in [9.17, 15) is 9.18 Å². The number of hydrogen-bond acceptors (Lipinski definition) is 6. The minimum absolute atomic E-state index is 0.0729. The maximum atomic E-state index is 14.7.